The zero-order valence-corrected chi connectivity index (χ0v) is 43.7. The summed E-state index contributed by atoms with van der Waals surface area (Å²) >= 11 is 4.11. The van der Waals surface area contributed by atoms with Crippen LogP contribution in [0, 0.1) is 5.77 Å². The van der Waals surface area contributed by atoms with E-state index in [1.807, 2.05) is 0 Å². The summed E-state index contributed by atoms with van der Waals surface area (Å²) in [6.45, 7) is 0. The Kier molecular flexibility index (Phi) is 17.6. The van der Waals surface area contributed by atoms with Crippen LogP contribution in [0.4, 0.5) is 105 Å². The molecule has 0 radical (unpaired) electrons. The van der Waals surface area contributed by atoms with E-state index in [1.165, 1.54) is 61.1 Å². The predicted octanol–water partition coefficient (Wildman–Crippen LogP) is 15.1. The molecule has 0 spiro atoms. The van der Waals surface area contributed by atoms with Crippen LogP contribution in [-0.2, 0) is 49.4 Å². The SMILES string of the molecule is C1=C(c2ccc([I+]c3ccc(C4=CCCCC4)s3)s2)CCCC1.FC(F)(F)c1cc([B-](c2cc(C(F)(F)F)cc(C(F)(F)F)c2)(c2cc(C(F)(F)F)cc(C(F)(F)F)c2)c2cc(C(F)(F)F)cc(C(F)(F)F)c2)cc(C(F)(F)F)c1. The molecule has 0 nitrogen and oxygen atoms in total. The predicted molar refractivity (Wildman–Crippen MR) is 249 cm³/mol. The van der Waals surface area contributed by atoms with E-state index in [0.717, 1.165) is 0 Å². The van der Waals surface area contributed by atoms with Crippen molar-refractivity contribution in [3.8, 4) is 0 Å². The molecule has 0 aliphatic heterocycles. The first-order chi connectivity index (χ1) is 36.6. The van der Waals surface area contributed by atoms with E-state index in [9.17, 15) is 105 Å². The highest BCUT2D eigenvalue weighted by Crippen LogP contribution is 2.42. The first-order valence-corrected chi connectivity index (χ1v) is 27.0. The lowest BCUT2D eigenvalue weighted by Gasteiger charge is -2.46. The maximum atomic E-state index is 14.2. The molecule has 0 saturated carbocycles. The number of allylic oxidation sites excluding steroid dienone is 4. The molecule has 8 rings (SSSR count). The Bertz CT molecular complexity index is 2760. The Hall–Kier alpha value is -5.13. The highest BCUT2D eigenvalue weighted by molar-refractivity contribution is 7.20. The molecule has 0 bridgehead atoms. The zero-order chi connectivity index (χ0) is 59.4. The molecule has 2 aromatic heterocycles. The molecule has 28 heteroatoms. The van der Waals surface area contributed by atoms with Crippen molar-refractivity contribution in [1.82, 2.24) is 0 Å². The lowest BCUT2D eigenvalue weighted by molar-refractivity contribution is -0.585. The van der Waals surface area contributed by atoms with Crippen LogP contribution >= 0.6 is 22.7 Å². The third-order valence-corrected chi connectivity index (χ3v) is 19.0. The summed E-state index contributed by atoms with van der Waals surface area (Å²) in [5, 5.41) is 0. The fourth-order valence-electron chi connectivity index (χ4n) is 9.36. The van der Waals surface area contributed by atoms with Gasteiger partial charge in [0.15, 0.2) is 0 Å². The second kappa shape index (κ2) is 22.6. The molecule has 432 valence electrons. The summed E-state index contributed by atoms with van der Waals surface area (Å²) in [5.74, 6) is 0. The highest BCUT2D eigenvalue weighted by atomic mass is 127. The molecule has 0 fully saturated rings. The molecule has 0 N–H and O–H groups in total. The normalized spacial score (nSPS) is 15.6. The summed E-state index contributed by atoms with van der Waals surface area (Å²) in [7, 11) is 0. The van der Waals surface area contributed by atoms with Crippen LogP contribution in [0.1, 0.15) is 106 Å². The zero-order valence-electron chi connectivity index (χ0n) is 39.9. The summed E-state index contributed by atoms with van der Waals surface area (Å²) in [6, 6.07) is 0.712. The number of hydrogen-bond acceptors (Lipinski definition) is 2. The average molecular weight is 1320 g/mol. The van der Waals surface area contributed by atoms with Crippen LogP contribution in [0.5, 0.6) is 0 Å². The summed E-state index contributed by atoms with van der Waals surface area (Å²) in [6.07, 6.45) is -39.2. The Morgan fingerprint density at radius 3 is 0.713 bits per heavy atom. The third kappa shape index (κ3) is 14.5. The second-order valence-electron chi connectivity index (χ2n) is 18.5. The summed E-state index contributed by atoms with van der Waals surface area (Å²) in [5.41, 5.74) is -27.0. The van der Waals surface area contributed by atoms with Crippen LogP contribution in [-0.4, -0.2) is 6.15 Å². The molecule has 0 unspecified atom stereocenters. The number of rotatable bonds is 8. The topological polar surface area (TPSA) is 0 Å². The average Bonchev–Trinajstić information content (AvgIpc) is 4.03. The van der Waals surface area contributed by atoms with Crippen molar-refractivity contribution in [2.45, 2.75) is 101 Å². The molecular formula is C52H34BF24IS2. The first kappa shape index (κ1) is 62.5. The van der Waals surface area contributed by atoms with Gasteiger partial charge in [0, 0.05) is 21.9 Å². The molecule has 2 heterocycles. The Balaban J connectivity index is 0.000000329. The minimum atomic E-state index is -6.13. The molecule has 6 aromatic rings. The standard InChI is InChI=1S/C32H12BF24.C20H22IS2/c34-25(35,36)13-1-14(26(37,38)39)6-21(5-13)33(22-7-15(27(40,41)42)2-16(8-22)28(43,44)45,23-9-17(29(46,47)48)3-18(10-23)30(49,50)51)24-11-19(31(52,53)54)4-20(12-24)32(55,56)57;1-3-7-15(8-4-1)17-11-13-19(22-17)21-20-14-12-18(23-20)16-9-5-2-6-10-16/h1-12H;7,9,11-14H,1-6,8,10H2/q-1;+1. The van der Waals surface area contributed by atoms with Crippen molar-refractivity contribution in [3.05, 3.63) is 169 Å². The van der Waals surface area contributed by atoms with E-state index >= 15 is 0 Å². The van der Waals surface area contributed by atoms with E-state index in [0.29, 0.717) is 0 Å². The smallest absolute Gasteiger partial charge is 0.194 e. The van der Waals surface area contributed by atoms with E-state index < -0.39 is 195 Å². The van der Waals surface area contributed by atoms with Crippen LogP contribution < -0.4 is 43.1 Å². The van der Waals surface area contributed by atoms with Gasteiger partial charge in [-0.3, -0.25) is 0 Å². The molecule has 4 aromatic carbocycles. The number of thiophene rings is 2. The maximum Gasteiger partial charge on any atom is 0.416 e. The van der Waals surface area contributed by atoms with Gasteiger partial charge < -0.3 is 0 Å². The fraction of sp³-hybridized carbons (Fsp3) is 0.308. The fourth-order valence-corrected chi connectivity index (χ4v) is 15.8. The minimum Gasteiger partial charge on any atom is -0.194 e. The Labute approximate surface area is 456 Å². The highest BCUT2D eigenvalue weighted by Gasteiger charge is 2.47. The molecule has 0 atom stereocenters. The first-order valence-electron chi connectivity index (χ1n) is 23.2. The molecular weight excluding hydrogens is 1280 g/mol. The van der Waals surface area contributed by atoms with E-state index in [-0.39, 0.29) is 21.2 Å². The van der Waals surface area contributed by atoms with Crippen molar-refractivity contribution >= 4 is 61.8 Å². The molecule has 2 aliphatic carbocycles. The van der Waals surface area contributed by atoms with Gasteiger partial charge >= 0.3 is 70.6 Å². The minimum absolute atomic E-state index is 0.00772. The molecule has 0 saturated heterocycles. The lowest BCUT2D eigenvalue weighted by atomic mass is 9.12. The number of alkyl halides is 24. The Morgan fingerprint density at radius 1 is 0.300 bits per heavy atom. The van der Waals surface area contributed by atoms with Crippen LogP contribution in [0.2, 0.25) is 0 Å². The van der Waals surface area contributed by atoms with Crippen molar-refractivity contribution in [3.63, 3.8) is 0 Å². The maximum absolute atomic E-state index is 14.2. The van der Waals surface area contributed by atoms with Crippen LogP contribution in [0.3, 0.4) is 0 Å². The van der Waals surface area contributed by atoms with Crippen molar-refractivity contribution in [2.24, 2.45) is 0 Å². The Morgan fingerprint density at radius 2 is 0.525 bits per heavy atom. The number of hydrogen-bond donors (Lipinski definition) is 0. The molecule has 0 amide bonds. The molecule has 2 aliphatic rings. The van der Waals surface area contributed by atoms with Gasteiger partial charge in [0.2, 0.25) is 5.77 Å². The van der Waals surface area contributed by atoms with Crippen molar-refractivity contribution < 1.29 is 127 Å². The van der Waals surface area contributed by atoms with Gasteiger partial charge in [0.25, 0.3) is 0 Å². The lowest BCUT2D eigenvalue weighted by Crippen LogP contribution is -3.61. The van der Waals surface area contributed by atoms with Gasteiger partial charge in [-0.05, 0) is 98.9 Å². The summed E-state index contributed by atoms with van der Waals surface area (Å²) in [4.78, 5) is 3.07. The van der Waals surface area contributed by atoms with Crippen LogP contribution in [0.25, 0.3) is 11.1 Å². The van der Waals surface area contributed by atoms with E-state index in [2.05, 4.69) is 59.1 Å². The monoisotopic (exact) mass is 1320 g/mol. The third-order valence-electron chi connectivity index (χ3n) is 13.0. The number of halogens is 25. The van der Waals surface area contributed by atoms with Gasteiger partial charge in [-0.15, -0.1) is 0 Å². The van der Waals surface area contributed by atoms with Crippen molar-refractivity contribution in [1.29, 1.82) is 0 Å². The second-order valence-corrected chi connectivity index (χ2v) is 25.0. The van der Waals surface area contributed by atoms with Crippen LogP contribution in [0.15, 0.2) is 109 Å². The van der Waals surface area contributed by atoms with Gasteiger partial charge in [-0.2, -0.15) is 127 Å². The quantitative estimate of drug-likeness (QED) is 0.0809. The van der Waals surface area contributed by atoms with Gasteiger partial charge in [0.05, 0.1) is 44.5 Å². The van der Waals surface area contributed by atoms with Gasteiger partial charge in [0.1, 0.15) is 6.15 Å². The number of benzene rings is 4. The molecule has 80 heavy (non-hydrogen) atoms. The van der Waals surface area contributed by atoms with E-state index in [1.54, 1.807) is 16.9 Å². The largest absolute Gasteiger partial charge is 0.416 e. The summed E-state index contributed by atoms with van der Waals surface area (Å²) < 4.78 is 344. The van der Waals surface area contributed by atoms with E-state index in [4.69, 9.17) is 0 Å². The van der Waals surface area contributed by atoms with Gasteiger partial charge in [-0.25, -0.2) is 0 Å². The van der Waals surface area contributed by atoms with Crippen molar-refractivity contribution in [2.75, 3.05) is 0 Å². The van der Waals surface area contributed by atoms with Gasteiger partial charge in [-0.1, -0.05) is 83.4 Å².